The minimum atomic E-state index is -0.964. The maximum absolute atomic E-state index is 13.9. The molecule has 5 rings (SSSR count). The van der Waals surface area contributed by atoms with E-state index in [2.05, 4.69) is 6.07 Å². The minimum absolute atomic E-state index is 0.0535. The summed E-state index contributed by atoms with van der Waals surface area (Å²) in [5.74, 6) is 0.570. The molecule has 2 aliphatic heterocycles. The lowest BCUT2D eigenvalue weighted by molar-refractivity contribution is -0.145. The molecule has 2 aromatic carbocycles. The molecule has 4 nitrogen and oxygen atoms in total. The van der Waals surface area contributed by atoms with Crippen LogP contribution in [0, 0.1) is 18.7 Å². The Balaban J connectivity index is 1.57. The first-order valence-electron chi connectivity index (χ1n) is 10.1. The van der Waals surface area contributed by atoms with Crippen LogP contribution in [-0.2, 0) is 21.0 Å². The van der Waals surface area contributed by atoms with E-state index in [0.29, 0.717) is 13.1 Å². The fourth-order valence-electron chi connectivity index (χ4n) is 4.55. The average molecular weight is 411 g/mol. The quantitative estimate of drug-likeness (QED) is 0.761. The van der Waals surface area contributed by atoms with Crippen molar-refractivity contribution in [1.29, 1.82) is 0 Å². The van der Waals surface area contributed by atoms with Crippen LogP contribution in [0.15, 0.2) is 42.5 Å². The maximum Gasteiger partial charge on any atom is 0.268 e. The number of anilines is 1. The monoisotopic (exact) mass is 410 g/mol. The number of amides is 2. The van der Waals surface area contributed by atoms with E-state index < -0.39 is 4.87 Å². The summed E-state index contributed by atoms with van der Waals surface area (Å²) in [7, 11) is 0. The fourth-order valence-corrected chi connectivity index (χ4v) is 6.01. The Bertz CT molecular complexity index is 989. The molecule has 2 aromatic rings. The molecule has 1 saturated carbocycles. The molecule has 2 amide bonds. The molecule has 0 aromatic heterocycles. The summed E-state index contributed by atoms with van der Waals surface area (Å²) in [4.78, 5) is 29.7. The number of benzene rings is 2. The first kappa shape index (κ1) is 18.7. The van der Waals surface area contributed by atoms with Crippen LogP contribution in [0.2, 0.25) is 0 Å². The number of carbonyl (C=O) groups excluding carboxylic acids is 2. The third-order valence-electron chi connectivity index (χ3n) is 6.32. The summed E-state index contributed by atoms with van der Waals surface area (Å²) in [6, 6.07) is 12.3. The number of hydrogen-bond donors (Lipinski definition) is 0. The van der Waals surface area contributed by atoms with Crippen molar-refractivity contribution in [1.82, 2.24) is 4.90 Å². The van der Waals surface area contributed by atoms with Gasteiger partial charge in [-0.2, -0.15) is 0 Å². The largest absolute Gasteiger partial charge is 0.315 e. The molecule has 6 heteroatoms. The number of carbonyl (C=O) groups is 2. The molecule has 2 heterocycles. The van der Waals surface area contributed by atoms with Crippen molar-refractivity contribution in [3.63, 3.8) is 0 Å². The molecular weight excluding hydrogens is 387 g/mol. The van der Waals surface area contributed by atoms with E-state index in [1.165, 1.54) is 12.1 Å². The Kier molecular flexibility index (Phi) is 4.42. The summed E-state index contributed by atoms with van der Waals surface area (Å²) in [5.41, 5.74) is 3.71. The zero-order valence-electron chi connectivity index (χ0n) is 16.4. The van der Waals surface area contributed by atoms with Gasteiger partial charge in [-0.3, -0.25) is 9.59 Å². The van der Waals surface area contributed by atoms with E-state index in [4.69, 9.17) is 0 Å². The van der Waals surface area contributed by atoms with Crippen LogP contribution < -0.4 is 4.90 Å². The summed E-state index contributed by atoms with van der Waals surface area (Å²) in [6.45, 7) is 2.98. The summed E-state index contributed by atoms with van der Waals surface area (Å²) in [6.07, 6.45) is 2.93. The van der Waals surface area contributed by atoms with Crippen LogP contribution in [0.25, 0.3) is 0 Å². The molecule has 1 spiro atoms. The van der Waals surface area contributed by atoms with Gasteiger partial charge in [0.25, 0.3) is 5.91 Å². The molecule has 0 unspecified atom stereocenters. The highest BCUT2D eigenvalue weighted by molar-refractivity contribution is 8.01. The average Bonchev–Trinajstić information content (AvgIpc) is 3.19. The van der Waals surface area contributed by atoms with Gasteiger partial charge in [0.1, 0.15) is 5.82 Å². The highest BCUT2D eigenvalue weighted by Crippen LogP contribution is 2.55. The van der Waals surface area contributed by atoms with Crippen LogP contribution in [0.4, 0.5) is 10.1 Å². The lowest BCUT2D eigenvalue weighted by Gasteiger charge is -2.37. The summed E-state index contributed by atoms with van der Waals surface area (Å²) >= 11 is 1.57. The number of hydrogen-bond acceptors (Lipinski definition) is 3. The number of rotatable bonds is 3. The van der Waals surface area contributed by atoms with Crippen molar-refractivity contribution in [2.24, 2.45) is 5.92 Å². The van der Waals surface area contributed by atoms with Crippen molar-refractivity contribution in [3.05, 3.63) is 65.0 Å². The topological polar surface area (TPSA) is 40.6 Å². The van der Waals surface area contributed by atoms with Gasteiger partial charge in [0.05, 0.1) is 12.2 Å². The number of fused-ring (bicyclic) bond motifs is 2. The molecule has 2 fully saturated rings. The zero-order chi connectivity index (χ0) is 20.2. The normalized spacial score (nSPS) is 23.6. The van der Waals surface area contributed by atoms with Crippen LogP contribution >= 0.6 is 11.8 Å². The number of halogens is 1. The molecule has 1 atom stereocenters. The molecule has 0 radical (unpaired) electrons. The Labute approximate surface area is 174 Å². The van der Waals surface area contributed by atoms with Crippen molar-refractivity contribution in [3.8, 4) is 0 Å². The standard InChI is InChI=1S/C23H23FN2O2S/c1-15-5-10-20-19(13-15)23(26(11-12-29-23)21(27)17-3-2-4-17)22(28)25(20)14-16-6-8-18(24)9-7-16/h5-10,13,17H,2-4,11-12,14H2,1H3/t23-/m1/s1. The summed E-state index contributed by atoms with van der Waals surface area (Å²) < 4.78 is 13.3. The summed E-state index contributed by atoms with van der Waals surface area (Å²) in [5, 5.41) is 0. The molecule has 3 aliphatic rings. The first-order chi connectivity index (χ1) is 14.0. The SMILES string of the molecule is Cc1ccc2c(c1)[C@@]1(SCCN1C(=O)C1CCC1)C(=O)N2Cc1ccc(F)cc1. The highest BCUT2D eigenvalue weighted by atomic mass is 32.2. The molecule has 1 saturated heterocycles. The lowest BCUT2D eigenvalue weighted by atomic mass is 9.84. The number of thioether (sulfide) groups is 1. The van der Waals surface area contributed by atoms with Crippen LogP contribution in [0.5, 0.6) is 0 Å². The third-order valence-corrected chi connectivity index (χ3v) is 7.74. The van der Waals surface area contributed by atoms with Crippen molar-refractivity contribution in [2.45, 2.75) is 37.6 Å². The Morgan fingerprint density at radius 3 is 2.66 bits per heavy atom. The third kappa shape index (κ3) is 2.80. The number of nitrogens with zero attached hydrogens (tertiary/aromatic N) is 2. The maximum atomic E-state index is 13.9. The van der Waals surface area contributed by atoms with Crippen molar-refractivity contribution >= 4 is 29.3 Å². The van der Waals surface area contributed by atoms with Gasteiger partial charge in [0, 0.05) is 23.8 Å². The Hall–Kier alpha value is -2.34. The smallest absolute Gasteiger partial charge is 0.268 e. The Morgan fingerprint density at radius 1 is 1.21 bits per heavy atom. The van der Waals surface area contributed by atoms with Gasteiger partial charge >= 0.3 is 0 Å². The first-order valence-corrected chi connectivity index (χ1v) is 11.1. The van der Waals surface area contributed by atoms with Crippen LogP contribution in [0.1, 0.15) is 36.0 Å². The van der Waals surface area contributed by atoms with Gasteiger partial charge in [-0.15, -0.1) is 11.8 Å². The second-order valence-corrected chi connectivity index (χ2v) is 9.44. The minimum Gasteiger partial charge on any atom is -0.315 e. The van der Waals surface area contributed by atoms with E-state index in [9.17, 15) is 14.0 Å². The van der Waals surface area contributed by atoms with Crippen molar-refractivity contribution in [2.75, 3.05) is 17.2 Å². The highest BCUT2D eigenvalue weighted by Gasteiger charge is 2.60. The fraction of sp³-hybridized carbons (Fsp3) is 0.391. The number of aryl methyl sites for hydroxylation is 1. The van der Waals surface area contributed by atoms with E-state index >= 15 is 0 Å². The second-order valence-electron chi connectivity index (χ2n) is 8.15. The van der Waals surface area contributed by atoms with Gasteiger partial charge in [-0.05, 0) is 43.5 Å². The molecule has 0 bridgehead atoms. The Morgan fingerprint density at radius 2 is 1.97 bits per heavy atom. The van der Waals surface area contributed by atoms with E-state index in [1.807, 2.05) is 24.0 Å². The predicted molar refractivity (Wildman–Crippen MR) is 112 cm³/mol. The van der Waals surface area contributed by atoms with Gasteiger partial charge in [0.15, 0.2) is 4.87 Å². The molecule has 150 valence electrons. The molecular formula is C23H23FN2O2S. The van der Waals surface area contributed by atoms with Gasteiger partial charge in [-0.25, -0.2) is 4.39 Å². The van der Waals surface area contributed by atoms with Crippen LogP contribution in [-0.4, -0.2) is 29.0 Å². The second kappa shape index (κ2) is 6.87. The van der Waals surface area contributed by atoms with E-state index in [-0.39, 0.29) is 23.5 Å². The predicted octanol–water partition coefficient (Wildman–Crippen LogP) is 4.21. The van der Waals surface area contributed by atoms with Crippen LogP contribution in [0.3, 0.4) is 0 Å². The lowest BCUT2D eigenvalue weighted by Crippen LogP contribution is -2.52. The van der Waals surface area contributed by atoms with Gasteiger partial charge in [0.2, 0.25) is 5.91 Å². The zero-order valence-corrected chi connectivity index (χ0v) is 17.2. The molecule has 0 N–H and O–H groups in total. The van der Waals surface area contributed by atoms with Crippen molar-refractivity contribution < 1.29 is 14.0 Å². The molecule has 29 heavy (non-hydrogen) atoms. The van der Waals surface area contributed by atoms with E-state index in [1.54, 1.807) is 28.8 Å². The van der Waals surface area contributed by atoms with Gasteiger partial charge < -0.3 is 9.80 Å². The van der Waals surface area contributed by atoms with E-state index in [0.717, 1.165) is 47.4 Å². The van der Waals surface area contributed by atoms with Gasteiger partial charge in [-0.1, -0.05) is 36.2 Å². The molecule has 1 aliphatic carbocycles.